The fourth-order valence-electron chi connectivity index (χ4n) is 3.38. The SMILES string of the molecule is O=C(/C=C/c1ccc(Sc2ccccc2Br)c(Cl)c1)C1NCCc2ccccc21. The molecule has 0 amide bonds. The molecule has 0 saturated carbocycles. The molecule has 0 aliphatic carbocycles. The summed E-state index contributed by atoms with van der Waals surface area (Å²) in [6, 6.07) is 21.8. The van der Waals surface area contributed by atoms with Crippen LogP contribution in [-0.4, -0.2) is 12.3 Å². The van der Waals surface area contributed by atoms with Crippen LogP contribution in [0.3, 0.4) is 0 Å². The number of halogens is 2. The summed E-state index contributed by atoms with van der Waals surface area (Å²) >= 11 is 11.7. The van der Waals surface area contributed by atoms with E-state index in [2.05, 4.69) is 27.3 Å². The van der Waals surface area contributed by atoms with Crippen LogP contribution in [0, 0.1) is 0 Å². The summed E-state index contributed by atoms with van der Waals surface area (Å²) in [5.74, 6) is 0.0555. The lowest BCUT2D eigenvalue weighted by Gasteiger charge is -2.24. The molecule has 1 heterocycles. The molecule has 5 heteroatoms. The van der Waals surface area contributed by atoms with Gasteiger partial charge in [-0.1, -0.05) is 71.9 Å². The monoisotopic (exact) mass is 483 g/mol. The molecule has 0 radical (unpaired) electrons. The Morgan fingerprint density at radius 2 is 1.86 bits per heavy atom. The van der Waals surface area contributed by atoms with Gasteiger partial charge in [0.25, 0.3) is 0 Å². The van der Waals surface area contributed by atoms with E-state index in [1.165, 1.54) is 5.56 Å². The summed E-state index contributed by atoms with van der Waals surface area (Å²) in [5.41, 5.74) is 3.23. The molecule has 1 atom stereocenters. The highest BCUT2D eigenvalue weighted by atomic mass is 79.9. The van der Waals surface area contributed by atoms with Crippen molar-refractivity contribution < 1.29 is 4.79 Å². The van der Waals surface area contributed by atoms with E-state index in [0.29, 0.717) is 5.02 Å². The van der Waals surface area contributed by atoms with Crippen molar-refractivity contribution >= 4 is 51.2 Å². The molecule has 1 unspecified atom stereocenters. The molecule has 1 aliphatic rings. The van der Waals surface area contributed by atoms with Gasteiger partial charge in [-0.2, -0.15) is 0 Å². The van der Waals surface area contributed by atoms with E-state index >= 15 is 0 Å². The second-order valence-corrected chi connectivity index (χ2v) is 9.14. The third kappa shape index (κ3) is 4.84. The molecule has 3 aromatic carbocycles. The Hall–Kier alpha value is -1.85. The number of ketones is 1. The van der Waals surface area contributed by atoms with Gasteiger partial charge in [-0.15, -0.1) is 0 Å². The van der Waals surface area contributed by atoms with Crippen LogP contribution in [0.1, 0.15) is 22.7 Å². The number of carbonyl (C=O) groups is 1. The smallest absolute Gasteiger partial charge is 0.177 e. The summed E-state index contributed by atoms with van der Waals surface area (Å²) in [6.45, 7) is 0.814. The number of nitrogens with one attached hydrogen (secondary N) is 1. The summed E-state index contributed by atoms with van der Waals surface area (Å²) in [4.78, 5) is 14.9. The average Bonchev–Trinajstić information content (AvgIpc) is 2.75. The van der Waals surface area contributed by atoms with Gasteiger partial charge >= 0.3 is 0 Å². The van der Waals surface area contributed by atoms with Gasteiger partial charge in [-0.05, 0) is 69.4 Å². The zero-order valence-electron chi connectivity index (χ0n) is 15.6. The Morgan fingerprint density at radius 1 is 1.07 bits per heavy atom. The molecule has 3 aromatic rings. The van der Waals surface area contributed by atoms with Crippen molar-refractivity contribution in [3.63, 3.8) is 0 Å². The number of fused-ring (bicyclic) bond motifs is 1. The minimum Gasteiger partial charge on any atom is -0.303 e. The van der Waals surface area contributed by atoms with Gasteiger partial charge < -0.3 is 5.32 Å². The highest BCUT2D eigenvalue weighted by Gasteiger charge is 2.23. The van der Waals surface area contributed by atoms with Crippen LogP contribution in [0.25, 0.3) is 6.08 Å². The lowest BCUT2D eigenvalue weighted by Crippen LogP contribution is -2.34. The molecular formula is C24H19BrClNOS. The number of rotatable bonds is 5. The van der Waals surface area contributed by atoms with Gasteiger partial charge in [-0.3, -0.25) is 4.79 Å². The molecule has 0 fully saturated rings. The van der Waals surface area contributed by atoms with Crippen molar-refractivity contribution in [2.75, 3.05) is 6.54 Å². The van der Waals surface area contributed by atoms with Crippen LogP contribution in [0.2, 0.25) is 5.02 Å². The Kier molecular flexibility index (Phi) is 6.56. The van der Waals surface area contributed by atoms with Crippen molar-refractivity contribution in [3.8, 4) is 0 Å². The molecule has 0 bridgehead atoms. The molecule has 0 spiro atoms. The normalized spacial score (nSPS) is 16.0. The number of carbonyl (C=O) groups excluding carboxylic acids is 1. The zero-order chi connectivity index (χ0) is 20.2. The maximum Gasteiger partial charge on any atom is 0.177 e. The van der Waals surface area contributed by atoms with Crippen molar-refractivity contribution in [2.24, 2.45) is 0 Å². The van der Waals surface area contributed by atoms with Crippen LogP contribution in [0.15, 0.2) is 87.1 Å². The van der Waals surface area contributed by atoms with E-state index in [9.17, 15) is 4.79 Å². The average molecular weight is 485 g/mol. The van der Waals surface area contributed by atoms with Gasteiger partial charge in [0.05, 0.1) is 11.1 Å². The van der Waals surface area contributed by atoms with E-state index in [4.69, 9.17) is 11.6 Å². The first-order chi connectivity index (χ1) is 14.1. The van der Waals surface area contributed by atoms with Gasteiger partial charge in [0.15, 0.2) is 5.78 Å². The minimum atomic E-state index is -0.281. The van der Waals surface area contributed by atoms with Crippen molar-refractivity contribution in [3.05, 3.63) is 99.0 Å². The van der Waals surface area contributed by atoms with Gasteiger partial charge in [0, 0.05) is 20.8 Å². The molecule has 4 rings (SSSR count). The van der Waals surface area contributed by atoms with Crippen LogP contribution < -0.4 is 5.32 Å². The fourth-order valence-corrected chi connectivity index (χ4v) is 5.06. The van der Waals surface area contributed by atoms with Gasteiger partial charge in [0.2, 0.25) is 0 Å². The Labute approximate surface area is 188 Å². The quantitative estimate of drug-likeness (QED) is 0.407. The van der Waals surface area contributed by atoms with E-state index in [1.807, 2.05) is 66.7 Å². The highest BCUT2D eigenvalue weighted by Crippen LogP contribution is 2.37. The first kappa shape index (κ1) is 20.4. The summed E-state index contributed by atoms with van der Waals surface area (Å²) < 4.78 is 1.04. The maximum absolute atomic E-state index is 12.8. The van der Waals surface area contributed by atoms with Crippen LogP contribution in [-0.2, 0) is 11.2 Å². The molecule has 1 N–H and O–H groups in total. The predicted octanol–water partition coefficient (Wildman–Crippen LogP) is 6.72. The van der Waals surface area contributed by atoms with Crippen LogP contribution in [0.5, 0.6) is 0 Å². The number of hydrogen-bond acceptors (Lipinski definition) is 3. The third-order valence-electron chi connectivity index (χ3n) is 4.85. The Bertz CT molecular complexity index is 1080. The van der Waals surface area contributed by atoms with E-state index in [1.54, 1.807) is 17.8 Å². The molecule has 1 aliphatic heterocycles. The van der Waals surface area contributed by atoms with E-state index < -0.39 is 0 Å². The largest absolute Gasteiger partial charge is 0.303 e. The van der Waals surface area contributed by atoms with Gasteiger partial charge in [-0.25, -0.2) is 0 Å². The molecule has 0 saturated heterocycles. The Balaban J connectivity index is 1.49. The highest BCUT2D eigenvalue weighted by molar-refractivity contribution is 9.10. The first-order valence-corrected chi connectivity index (χ1v) is 11.4. The summed E-state index contributed by atoms with van der Waals surface area (Å²) in [6.07, 6.45) is 4.43. The van der Waals surface area contributed by atoms with E-state index in [0.717, 1.165) is 38.4 Å². The maximum atomic E-state index is 12.8. The van der Waals surface area contributed by atoms with Crippen molar-refractivity contribution in [2.45, 2.75) is 22.3 Å². The number of hydrogen-bond donors (Lipinski definition) is 1. The van der Waals surface area contributed by atoms with Gasteiger partial charge in [0.1, 0.15) is 0 Å². The summed E-state index contributed by atoms with van der Waals surface area (Å²) in [7, 11) is 0. The molecule has 146 valence electrons. The fraction of sp³-hybridized carbons (Fsp3) is 0.125. The zero-order valence-corrected chi connectivity index (χ0v) is 18.7. The van der Waals surface area contributed by atoms with Crippen molar-refractivity contribution in [1.29, 1.82) is 0 Å². The molecule has 2 nitrogen and oxygen atoms in total. The third-order valence-corrected chi connectivity index (χ3v) is 7.38. The predicted molar refractivity (Wildman–Crippen MR) is 125 cm³/mol. The lowest BCUT2D eigenvalue weighted by molar-refractivity contribution is -0.116. The molecular weight excluding hydrogens is 466 g/mol. The second-order valence-electron chi connectivity index (χ2n) is 6.79. The standard InChI is InChI=1S/C24H19BrClNOS/c25-19-7-3-4-8-22(19)29-23-12-10-16(15-20(23)26)9-11-21(28)24-18-6-2-1-5-17(18)13-14-27-24/h1-12,15,24,27H,13-14H2/b11-9+. The second kappa shape index (κ2) is 9.31. The molecule has 0 aromatic heterocycles. The van der Waals surface area contributed by atoms with Crippen LogP contribution in [0.4, 0.5) is 0 Å². The summed E-state index contributed by atoms with van der Waals surface area (Å²) in [5, 5.41) is 4.00. The van der Waals surface area contributed by atoms with Crippen LogP contribution >= 0.6 is 39.3 Å². The topological polar surface area (TPSA) is 29.1 Å². The Morgan fingerprint density at radius 3 is 2.69 bits per heavy atom. The van der Waals surface area contributed by atoms with E-state index in [-0.39, 0.29) is 11.8 Å². The molecule has 29 heavy (non-hydrogen) atoms. The lowest BCUT2D eigenvalue weighted by atomic mass is 9.91. The minimum absolute atomic E-state index is 0.0555. The first-order valence-electron chi connectivity index (χ1n) is 9.37. The van der Waals surface area contributed by atoms with Crippen molar-refractivity contribution in [1.82, 2.24) is 5.32 Å². The number of benzene rings is 3.